The summed E-state index contributed by atoms with van der Waals surface area (Å²) in [6.45, 7) is 0. The summed E-state index contributed by atoms with van der Waals surface area (Å²) in [5.74, 6) is 0.0382. The van der Waals surface area contributed by atoms with Gasteiger partial charge in [-0.25, -0.2) is 13.2 Å². The molecule has 2 atom stereocenters. The number of fused-ring (bicyclic) bond motifs is 2. The van der Waals surface area contributed by atoms with Gasteiger partial charge in [-0.15, -0.1) is 0 Å². The van der Waals surface area contributed by atoms with Crippen LogP contribution in [-0.4, -0.2) is 43.0 Å². The standard InChI is InChI=1S/C14H13N3O3S/c18-14-16-12-7-21(19,20)8-13(12)17(14)10-3-4-11-9(6-10)2-1-5-15-11/h1-6,12-13H,7-8H2,(H,16,18)/t12-,13+/m1/s1. The average molecular weight is 303 g/mol. The minimum atomic E-state index is -3.08. The number of rotatable bonds is 1. The van der Waals surface area contributed by atoms with Gasteiger partial charge in [-0.05, 0) is 24.3 Å². The Morgan fingerprint density at radius 3 is 2.95 bits per heavy atom. The summed E-state index contributed by atoms with van der Waals surface area (Å²) in [5.41, 5.74) is 1.55. The minimum Gasteiger partial charge on any atom is -0.332 e. The first-order chi connectivity index (χ1) is 10.0. The van der Waals surface area contributed by atoms with Crippen LogP contribution in [0.5, 0.6) is 0 Å². The highest BCUT2D eigenvalue weighted by Crippen LogP contribution is 2.30. The van der Waals surface area contributed by atoms with Crippen LogP contribution in [0.25, 0.3) is 10.9 Å². The van der Waals surface area contributed by atoms with Crippen molar-refractivity contribution in [2.75, 3.05) is 16.4 Å². The van der Waals surface area contributed by atoms with Crippen molar-refractivity contribution in [1.82, 2.24) is 10.3 Å². The fourth-order valence-corrected chi connectivity index (χ4v) is 5.01. The van der Waals surface area contributed by atoms with E-state index in [4.69, 9.17) is 0 Å². The van der Waals surface area contributed by atoms with Crippen LogP contribution in [0.15, 0.2) is 36.5 Å². The van der Waals surface area contributed by atoms with E-state index in [-0.39, 0.29) is 29.6 Å². The number of benzene rings is 1. The number of hydrogen-bond donors (Lipinski definition) is 1. The van der Waals surface area contributed by atoms with E-state index >= 15 is 0 Å². The lowest BCUT2D eigenvalue weighted by Crippen LogP contribution is -2.36. The summed E-state index contributed by atoms with van der Waals surface area (Å²) in [5, 5.41) is 3.68. The summed E-state index contributed by atoms with van der Waals surface area (Å²) in [4.78, 5) is 17.9. The molecule has 0 unspecified atom stereocenters. The van der Waals surface area contributed by atoms with Gasteiger partial charge < -0.3 is 5.32 Å². The van der Waals surface area contributed by atoms with Crippen LogP contribution in [0.4, 0.5) is 10.5 Å². The van der Waals surface area contributed by atoms with Gasteiger partial charge in [0.15, 0.2) is 9.84 Å². The summed E-state index contributed by atoms with van der Waals surface area (Å²) < 4.78 is 23.5. The number of pyridine rings is 1. The molecule has 2 fully saturated rings. The number of hydrogen-bond acceptors (Lipinski definition) is 4. The molecule has 2 aliphatic rings. The van der Waals surface area contributed by atoms with Gasteiger partial charge in [0.1, 0.15) is 0 Å². The Bertz CT molecular complexity index is 849. The van der Waals surface area contributed by atoms with Gasteiger partial charge in [-0.1, -0.05) is 6.07 Å². The van der Waals surface area contributed by atoms with Crippen molar-refractivity contribution < 1.29 is 13.2 Å². The van der Waals surface area contributed by atoms with Crippen LogP contribution in [0.3, 0.4) is 0 Å². The maximum Gasteiger partial charge on any atom is 0.322 e. The molecule has 0 bridgehead atoms. The van der Waals surface area contributed by atoms with Crippen molar-refractivity contribution >= 4 is 32.5 Å². The molecule has 108 valence electrons. The van der Waals surface area contributed by atoms with E-state index in [1.807, 2.05) is 30.3 Å². The number of anilines is 1. The van der Waals surface area contributed by atoms with Crippen molar-refractivity contribution in [2.45, 2.75) is 12.1 Å². The SMILES string of the molecule is O=C1N[C@@H]2CS(=O)(=O)C[C@@H]2N1c1ccc2ncccc2c1. The Hall–Kier alpha value is -2.15. The van der Waals surface area contributed by atoms with Gasteiger partial charge in [0.05, 0.1) is 29.1 Å². The lowest BCUT2D eigenvalue weighted by Gasteiger charge is -2.21. The quantitative estimate of drug-likeness (QED) is 0.795. The van der Waals surface area contributed by atoms with Crippen molar-refractivity contribution in [3.8, 4) is 0 Å². The van der Waals surface area contributed by atoms with Gasteiger partial charge in [-0.3, -0.25) is 9.88 Å². The maximum atomic E-state index is 12.1. The first-order valence-corrected chi connectivity index (χ1v) is 8.51. The van der Waals surface area contributed by atoms with Crippen LogP contribution >= 0.6 is 0 Å². The molecule has 2 aromatic rings. The third-order valence-corrected chi connectivity index (χ3v) is 5.76. The molecule has 0 spiro atoms. The van der Waals surface area contributed by atoms with Crippen LogP contribution in [-0.2, 0) is 9.84 Å². The number of carbonyl (C=O) groups is 1. The first kappa shape index (κ1) is 12.6. The third-order valence-electron chi connectivity index (χ3n) is 4.05. The van der Waals surface area contributed by atoms with Gasteiger partial charge in [0.2, 0.25) is 0 Å². The molecule has 6 nitrogen and oxygen atoms in total. The van der Waals surface area contributed by atoms with Crippen molar-refractivity contribution in [3.05, 3.63) is 36.5 Å². The van der Waals surface area contributed by atoms with E-state index in [9.17, 15) is 13.2 Å². The zero-order valence-electron chi connectivity index (χ0n) is 11.1. The van der Waals surface area contributed by atoms with Crippen molar-refractivity contribution in [3.63, 3.8) is 0 Å². The van der Waals surface area contributed by atoms with Crippen LogP contribution in [0, 0.1) is 0 Å². The van der Waals surface area contributed by atoms with Gasteiger partial charge in [-0.2, -0.15) is 0 Å². The molecule has 0 aliphatic carbocycles. The Kier molecular flexibility index (Phi) is 2.50. The molecule has 1 aromatic heterocycles. The number of sulfone groups is 1. The molecule has 2 aliphatic heterocycles. The predicted octanol–water partition coefficient (Wildman–Crippen LogP) is 0.930. The van der Waals surface area contributed by atoms with Gasteiger partial charge in [0, 0.05) is 17.3 Å². The van der Waals surface area contributed by atoms with E-state index in [2.05, 4.69) is 10.3 Å². The topological polar surface area (TPSA) is 79.4 Å². The molecule has 21 heavy (non-hydrogen) atoms. The zero-order chi connectivity index (χ0) is 14.6. The lowest BCUT2D eigenvalue weighted by atomic mass is 10.1. The Morgan fingerprint density at radius 1 is 1.24 bits per heavy atom. The molecule has 1 aromatic carbocycles. The summed E-state index contributed by atoms with van der Waals surface area (Å²) >= 11 is 0. The summed E-state index contributed by atoms with van der Waals surface area (Å²) in [6, 6.07) is 8.40. The monoisotopic (exact) mass is 303 g/mol. The first-order valence-electron chi connectivity index (χ1n) is 6.68. The minimum absolute atomic E-state index is 0.0154. The summed E-state index contributed by atoms with van der Waals surface area (Å²) in [6.07, 6.45) is 1.71. The van der Waals surface area contributed by atoms with Crippen molar-refractivity contribution in [2.24, 2.45) is 0 Å². The number of aromatic nitrogens is 1. The second-order valence-electron chi connectivity index (χ2n) is 5.45. The van der Waals surface area contributed by atoms with E-state index in [0.29, 0.717) is 5.69 Å². The molecule has 0 radical (unpaired) electrons. The van der Waals surface area contributed by atoms with E-state index < -0.39 is 9.84 Å². The van der Waals surface area contributed by atoms with Gasteiger partial charge in [0.25, 0.3) is 0 Å². The van der Waals surface area contributed by atoms with Gasteiger partial charge >= 0.3 is 6.03 Å². The average Bonchev–Trinajstić information content (AvgIpc) is 2.88. The molecule has 2 amide bonds. The second-order valence-corrected chi connectivity index (χ2v) is 7.60. The molecule has 4 rings (SSSR count). The Balaban J connectivity index is 1.78. The smallest absolute Gasteiger partial charge is 0.322 e. The molecule has 2 saturated heterocycles. The fourth-order valence-electron chi connectivity index (χ4n) is 3.12. The molecule has 7 heteroatoms. The second kappa shape index (κ2) is 4.17. The molecule has 0 saturated carbocycles. The number of nitrogens with one attached hydrogen (secondary N) is 1. The molecular formula is C14H13N3O3S. The number of carbonyl (C=O) groups excluding carboxylic acids is 1. The highest BCUT2D eigenvalue weighted by atomic mass is 32.2. The highest BCUT2D eigenvalue weighted by molar-refractivity contribution is 7.91. The van der Waals surface area contributed by atoms with E-state index in [0.717, 1.165) is 10.9 Å². The fraction of sp³-hybridized carbons (Fsp3) is 0.286. The number of nitrogens with zero attached hydrogens (tertiary/aromatic N) is 2. The lowest BCUT2D eigenvalue weighted by molar-refractivity contribution is 0.251. The van der Waals surface area contributed by atoms with Crippen molar-refractivity contribution in [1.29, 1.82) is 0 Å². The largest absolute Gasteiger partial charge is 0.332 e. The predicted molar refractivity (Wildman–Crippen MR) is 79.0 cm³/mol. The molecule has 3 heterocycles. The Morgan fingerprint density at radius 2 is 2.10 bits per heavy atom. The molecule has 1 N–H and O–H groups in total. The van der Waals surface area contributed by atoms with Crippen LogP contribution in [0.2, 0.25) is 0 Å². The van der Waals surface area contributed by atoms with Crippen LogP contribution in [0.1, 0.15) is 0 Å². The Labute approximate surface area is 121 Å². The third kappa shape index (κ3) is 1.96. The summed E-state index contributed by atoms with van der Waals surface area (Å²) in [7, 11) is -3.08. The normalized spacial score (nSPS) is 26.9. The molecular weight excluding hydrogens is 290 g/mol. The maximum absolute atomic E-state index is 12.1. The van der Waals surface area contributed by atoms with Crippen LogP contribution < -0.4 is 10.2 Å². The van der Waals surface area contributed by atoms with E-state index in [1.165, 1.54) is 0 Å². The number of amides is 2. The highest BCUT2D eigenvalue weighted by Gasteiger charge is 2.49. The van der Waals surface area contributed by atoms with E-state index in [1.54, 1.807) is 11.1 Å². The zero-order valence-corrected chi connectivity index (χ0v) is 11.9. The number of urea groups is 1.